The molecule has 84 valence electrons. The lowest BCUT2D eigenvalue weighted by molar-refractivity contribution is 0.301. The molecule has 2 nitrogen and oxygen atoms in total. The molecule has 0 atom stereocenters. The van der Waals surface area contributed by atoms with Gasteiger partial charge in [-0.25, -0.2) is 0 Å². The van der Waals surface area contributed by atoms with Crippen molar-refractivity contribution in [3.05, 3.63) is 58.5 Å². The fraction of sp³-hybridized carbons (Fsp3) is 0.286. The summed E-state index contributed by atoms with van der Waals surface area (Å²) in [6, 6.07) is 0. The van der Waals surface area contributed by atoms with Crippen LogP contribution in [-0.4, -0.2) is 0 Å². The summed E-state index contributed by atoms with van der Waals surface area (Å²) < 4.78 is 11.0. The molecule has 0 radical (unpaired) electrons. The Balaban J connectivity index is 2.48. The van der Waals surface area contributed by atoms with Crippen molar-refractivity contribution in [2.45, 2.75) is 27.7 Å². The fourth-order valence-corrected chi connectivity index (χ4v) is 1.92. The lowest BCUT2D eigenvalue weighted by atomic mass is 10.0. The van der Waals surface area contributed by atoms with Gasteiger partial charge in [0.05, 0.1) is 0 Å². The molecule has 2 aliphatic rings. The van der Waals surface area contributed by atoms with E-state index in [1.165, 1.54) is 11.1 Å². The summed E-state index contributed by atoms with van der Waals surface area (Å²) in [5.74, 6) is 3.69. The maximum Gasteiger partial charge on any atom is 0.101 e. The zero-order valence-electron chi connectivity index (χ0n) is 10.1. The molecule has 0 saturated carbocycles. The van der Waals surface area contributed by atoms with Crippen LogP contribution in [0.3, 0.4) is 0 Å². The summed E-state index contributed by atoms with van der Waals surface area (Å²) in [5.41, 5.74) is 2.34. The topological polar surface area (TPSA) is 18.5 Å². The van der Waals surface area contributed by atoms with Crippen molar-refractivity contribution in [2.24, 2.45) is 0 Å². The van der Waals surface area contributed by atoms with Gasteiger partial charge >= 0.3 is 0 Å². The van der Waals surface area contributed by atoms with Crippen LogP contribution in [0.5, 0.6) is 0 Å². The maximum atomic E-state index is 5.48. The Kier molecular flexibility index (Phi) is 2.73. The fourth-order valence-electron chi connectivity index (χ4n) is 1.92. The molecular weight excluding hydrogens is 200 g/mol. The molecule has 0 N–H and O–H groups in total. The SMILES string of the molecule is CC1=CC(=C2C=C(C)OC(C)=C2)C=C(C)O1. The minimum absolute atomic E-state index is 0.922. The highest BCUT2D eigenvalue weighted by molar-refractivity contribution is 5.50. The molecule has 0 unspecified atom stereocenters. The van der Waals surface area contributed by atoms with E-state index in [0.717, 1.165) is 23.0 Å². The average Bonchev–Trinajstić information content (AvgIpc) is 2.14. The smallest absolute Gasteiger partial charge is 0.101 e. The van der Waals surface area contributed by atoms with Crippen LogP contribution in [0.15, 0.2) is 58.5 Å². The summed E-state index contributed by atoms with van der Waals surface area (Å²) in [6.45, 7) is 7.85. The van der Waals surface area contributed by atoms with E-state index in [0.29, 0.717) is 0 Å². The van der Waals surface area contributed by atoms with Gasteiger partial charge in [-0.15, -0.1) is 0 Å². The van der Waals surface area contributed by atoms with Crippen molar-refractivity contribution < 1.29 is 9.47 Å². The molecule has 0 fully saturated rings. The van der Waals surface area contributed by atoms with Crippen molar-refractivity contribution in [3.8, 4) is 0 Å². The van der Waals surface area contributed by atoms with Gasteiger partial charge in [0.1, 0.15) is 23.0 Å². The summed E-state index contributed by atoms with van der Waals surface area (Å²) in [7, 11) is 0. The molecular formula is C14H16O2. The Hall–Kier alpha value is -1.70. The Morgan fingerprint density at radius 1 is 0.562 bits per heavy atom. The molecule has 0 spiro atoms. The van der Waals surface area contributed by atoms with Crippen LogP contribution in [0, 0.1) is 0 Å². The Labute approximate surface area is 96.3 Å². The van der Waals surface area contributed by atoms with Crippen molar-refractivity contribution in [2.75, 3.05) is 0 Å². The third kappa shape index (κ3) is 2.27. The van der Waals surface area contributed by atoms with Crippen LogP contribution >= 0.6 is 0 Å². The first-order valence-corrected chi connectivity index (χ1v) is 5.38. The van der Waals surface area contributed by atoms with E-state index >= 15 is 0 Å². The molecule has 0 saturated heterocycles. The molecule has 0 aromatic carbocycles. The van der Waals surface area contributed by atoms with E-state index in [4.69, 9.17) is 9.47 Å². The van der Waals surface area contributed by atoms with Crippen LogP contribution < -0.4 is 0 Å². The summed E-state index contributed by atoms with van der Waals surface area (Å²) in [6.07, 6.45) is 8.17. The second-order valence-electron chi connectivity index (χ2n) is 4.13. The molecule has 2 rings (SSSR count). The van der Waals surface area contributed by atoms with Gasteiger partial charge in [0.2, 0.25) is 0 Å². The number of rotatable bonds is 0. The molecule has 0 aromatic heterocycles. The zero-order valence-corrected chi connectivity index (χ0v) is 10.1. The first-order valence-electron chi connectivity index (χ1n) is 5.38. The lowest BCUT2D eigenvalue weighted by Crippen LogP contribution is -2.00. The zero-order chi connectivity index (χ0) is 11.7. The third-order valence-corrected chi connectivity index (χ3v) is 2.41. The van der Waals surface area contributed by atoms with E-state index in [9.17, 15) is 0 Å². The third-order valence-electron chi connectivity index (χ3n) is 2.41. The van der Waals surface area contributed by atoms with E-state index in [-0.39, 0.29) is 0 Å². The molecule has 2 heteroatoms. The summed E-state index contributed by atoms with van der Waals surface area (Å²) in [5, 5.41) is 0. The molecule has 2 heterocycles. The van der Waals surface area contributed by atoms with Crippen LogP contribution in [0.25, 0.3) is 0 Å². The molecule has 0 amide bonds. The van der Waals surface area contributed by atoms with E-state index in [2.05, 4.69) is 0 Å². The monoisotopic (exact) mass is 216 g/mol. The van der Waals surface area contributed by atoms with Crippen molar-refractivity contribution in [1.82, 2.24) is 0 Å². The van der Waals surface area contributed by atoms with Gasteiger partial charge < -0.3 is 9.47 Å². The quantitative estimate of drug-likeness (QED) is 0.610. The Morgan fingerprint density at radius 3 is 1.06 bits per heavy atom. The molecule has 0 aromatic rings. The number of hydrogen-bond donors (Lipinski definition) is 0. The number of ether oxygens (including phenoxy) is 2. The van der Waals surface area contributed by atoms with E-state index in [1.54, 1.807) is 0 Å². The van der Waals surface area contributed by atoms with Crippen LogP contribution in [0.2, 0.25) is 0 Å². The van der Waals surface area contributed by atoms with Gasteiger partial charge in [0, 0.05) is 0 Å². The van der Waals surface area contributed by atoms with Crippen molar-refractivity contribution in [3.63, 3.8) is 0 Å². The van der Waals surface area contributed by atoms with E-state index < -0.39 is 0 Å². The number of hydrogen-bond acceptors (Lipinski definition) is 2. The van der Waals surface area contributed by atoms with Crippen LogP contribution in [0.1, 0.15) is 27.7 Å². The van der Waals surface area contributed by atoms with Crippen molar-refractivity contribution in [1.29, 1.82) is 0 Å². The highest BCUT2D eigenvalue weighted by Gasteiger charge is 2.10. The van der Waals surface area contributed by atoms with Gasteiger partial charge in [-0.1, -0.05) is 0 Å². The average molecular weight is 216 g/mol. The highest BCUT2D eigenvalue weighted by Crippen LogP contribution is 2.26. The van der Waals surface area contributed by atoms with Crippen molar-refractivity contribution >= 4 is 0 Å². The minimum Gasteiger partial charge on any atom is -0.467 e. The predicted molar refractivity (Wildman–Crippen MR) is 64.2 cm³/mol. The molecule has 0 bridgehead atoms. The second kappa shape index (κ2) is 4.05. The van der Waals surface area contributed by atoms with Gasteiger partial charge in [-0.2, -0.15) is 0 Å². The largest absolute Gasteiger partial charge is 0.467 e. The number of allylic oxidation sites excluding steroid dienone is 10. The standard InChI is InChI=1S/C14H16O2/c1-9-5-13(6-10(2)15-9)14-7-11(3)16-12(4)8-14/h5-8H,1-4H3. The van der Waals surface area contributed by atoms with Gasteiger partial charge in [-0.05, 0) is 63.1 Å². The maximum absolute atomic E-state index is 5.48. The Morgan fingerprint density at radius 2 is 0.812 bits per heavy atom. The predicted octanol–water partition coefficient (Wildman–Crippen LogP) is 3.96. The van der Waals surface area contributed by atoms with Crippen LogP contribution in [-0.2, 0) is 9.47 Å². The normalized spacial score (nSPS) is 20.2. The Bertz CT molecular complexity index is 387. The molecule has 0 aliphatic carbocycles. The molecule has 2 aliphatic heterocycles. The molecule has 16 heavy (non-hydrogen) atoms. The first-order chi connectivity index (χ1) is 7.54. The van der Waals surface area contributed by atoms with Gasteiger partial charge in [-0.3, -0.25) is 0 Å². The minimum atomic E-state index is 0.922. The summed E-state index contributed by atoms with van der Waals surface area (Å²) >= 11 is 0. The lowest BCUT2D eigenvalue weighted by Gasteiger charge is -2.17. The van der Waals surface area contributed by atoms with Gasteiger partial charge in [0.15, 0.2) is 0 Å². The van der Waals surface area contributed by atoms with E-state index in [1.807, 2.05) is 52.0 Å². The first kappa shape index (κ1) is 10.8. The highest BCUT2D eigenvalue weighted by atomic mass is 16.5. The summed E-state index contributed by atoms with van der Waals surface area (Å²) in [4.78, 5) is 0. The second-order valence-corrected chi connectivity index (χ2v) is 4.13. The van der Waals surface area contributed by atoms with Crippen LogP contribution in [0.4, 0.5) is 0 Å². The van der Waals surface area contributed by atoms with Gasteiger partial charge in [0.25, 0.3) is 0 Å².